The molecule has 5 heteroatoms. The van der Waals surface area contributed by atoms with Crippen LogP contribution in [0, 0.1) is 0 Å². The number of aromatic nitrogens is 4. The largest absolute Gasteiger partial charge is 0.307 e. The van der Waals surface area contributed by atoms with Gasteiger partial charge >= 0.3 is 0 Å². The van der Waals surface area contributed by atoms with Gasteiger partial charge in [0.2, 0.25) is 0 Å². The molecule has 0 amide bonds. The second-order valence-corrected chi connectivity index (χ2v) is 15.6. The summed E-state index contributed by atoms with van der Waals surface area (Å²) in [7, 11) is 0. The molecule has 0 saturated heterocycles. The molecule has 0 atom stereocenters. The minimum atomic E-state index is 0.704. The first-order valence-electron chi connectivity index (χ1n) is 19.3. The Morgan fingerprint density at radius 1 is 0.368 bits per heavy atom. The summed E-state index contributed by atoms with van der Waals surface area (Å²) in [6.45, 7) is 0. The van der Waals surface area contributed by atoms with Gasteiger partial charge in [0.1, 0.15) is 0 Å². The van der Waals surface area contributed by atoms with E-state index in [4.69, 9.17) is 9.97 Å². The van der Waals surface area contributed by atoms with E-state index < -0.39 is 0 Å². The Hall–Kier alpha value is -7.34. The molecule has 0 aliphatic rings. The normalized spacial score (nSPS) is 11.9. The predicted molar refractivity (Wildman–Crippen MR) is 240 cm³/mol. The van der Waals surface area contributed by atoms with Crippen LogP contribution in [0.3, 0.4) is 0 Å². The van der Waals surface area contributed by atoms with E-state index in [0.717, 1.165) is 39.5 Å². The summed E-state index contributed by atoms with van der Waals surface area (Å²) in [5, 5.41) is 7.67. The fourth-order valence-electron chi connectivity index (χ4n) is 8.87. The van der Waals surface area contributed by atoms with Crippen molar-refractivity contribution in [2.75, 3.05) is 0 Å². The van der Waals surface area contributed by atoms with Crippen molar-refractivity contribution in [3.63, 3.8) is 0 Å². The SMILES string of the molecule is c1ccc(-c2cc(-c3cccc(-n4c5ccccc5c5c6sc7ccccc7c6c6c7ccccc7n(-c7ccccc7)c6c54)c3)nc(-c3ccccc3)n2)cc1. The topological polar surface area (TPSA) is 35.6 Å². The number of benzene rings is 8. The third-order valence-corrected chi connectivity index (χ3v) is 12.5. The Kier molecular flexibility index (Phi) is 7.06. The zero-order valence-corrected chi connectivity index (χ0v) is 31.5. The zero-order chi connectivity index (χ0) is 37.5. The van der Waals surface area contributed by atoms with Crippen LogP contribution in [0.1, 0.15) is 0 Å². The first-order chi connectivity index (χ1) is 28.3. The van der Waals surface area contributed by atoms with Crippen LogP contribution < -0.4 is 0 Å². The minimum Gasteiger partial charge on any atom is -0.307 e. The summed E-state index contributed by atoms with van der Waals surface area (Å²) in [6, 6.07) is 69.2. The fourth-order valence-corrected chi connectivity index (χ4v) is 10.1. The van der Waals surface area contributed by atoms with E-state index in [1.54, 1.807) is 0 Å². The third kappa shape index (κ3) is 4.86. The predicted octanol–water partition coefficient (Wildman–Crippen LogP) is 14.0. The van der Waals surface area contributed by atoms with Gasteiger partial charge in [0.15, 0.2) is 5.82 Å². The Morgan fingerprint density at radius 2 is 0.877 bits per heavy atom. The molecule has 266 valence electrons. The number of rotatable bonds is 5. The molecule has 0 aliphatic heterocycles. The molecule has 0 radical (unpaired) electrons. The van der Waals surface area contributed by atoms with Crippen molar-refractivity contribution in [1.82, 2.24) is 19.1 Å². The van der Waals surface area contributed by atoms with Gasteiger partial charge in [-0.25, -0.2) is 9.97 Å². The van der Waals surface area contributed by atoms with Crippen molar-refractivity contribution in [2.24, 2.45) is 0 Å². The van der Waals surface area contributed by atoms with E-state index in [1.807, 2.05) is 35.6 Å². The first kappa shape index (κ1) is 32.0. The Balaban J connectivity index is 1.22. The highest BCUT2D eigenvalue weighted by Crippen LogP contribution is 2.51. The average Bonchev–Trinajstić information content (AvgIpc) is 3.95. The van der Waals surface area contributed by atoms with Gasteiger partial charge in [0.25, 0.3) is 0 Å². The van der Waals surface area contributed by atoms with Crippen LogP contribution in [0.5, 0.6) is 0 Å². The molecule has 0 bridgehead atoms. The van der Waals surface area contributed by atoms with Crippen molar-refractivity contribution in [3.05, 3.63) is 194 Å². The summed E-state index contributed by atoms with van der Waals surface area (Å²) in [6.07, 6.45) is 0. The average molecular weight is 745 g/mol. The molecule has 0 spiro atoms. The summed E-state index contributed by atoms with van der Waals surface area (Å²) in [4.78, 5) is 10.3. The summed E-state index contributed by atoms with van der Waals surface area (Å²) >= 11 is 1.90. The Morgan fingerprint density at radius 3 is 1.60 bits per heavy atom. The maximum absolute atomic E-state index is 5.22. The second-order valence-electron chi connectivity index (χ2n) is 14.5. The molecular weight excluding hydrogens is 713 g/mol. The highest BCUT2D eigenvalue weighted by atomic mass is 32.1. The maximum Gasteiger partial charge on any atom is 0.160 e. The van der Waals surface area contributed by atoms with Gasteiger partial charge in [-0.2, -0.15) is 0 Å². The van der Waals surface area contributed by atoms with Gasteiger partial charge in [0, 0.05) is 69.8 Å². The highest BCUT2D eigenvalue weighted by Gasteiger charge is 2.27. The lowest BCUT2D eigenvalue weighted by atomic mass is 10.0. The van der Waals surface area contributed by atoms with Crippen LogP contribution in [-0.4, -0.2) is 19.1 Å². The highest BCUT2D eigenvalue weighted by molar-refractivity contribution is 7.27. The monoisotopic (exact) mass is 744 g/mol. The fraction of sp³-hybridized carbons (Fsp3) is 0. The van der Waals surface area contributed by atoms with Gasteiger partial charge in [-0.05, 0) is 48.5 Å². The van der Waals surface area contributed by atoms with E-state index in [1.165, 1.54) is 63.8 Å². The lowest BCUT2D eigenvalue weighted by Gasteiger charge is -2.14. The third-order valence-electron chi connectivity index (χ3n) is 11.3. The molecule has 57 heavy (non-hydrogen) atoms. The lowest BCUT2D eigenvalue weighted by Crippen LogP contribution is -2.00. The molecular formula is C52H32N4S. The molecule has 12 aromatic rings. The van der Waals surface area contributed by atoms with Gasteiger partial charge in [-0.3, -0.25) is 0 Å². The number of nitrogens with zero attached hydrogens (tertiary/aromatic N) is 4. The number of para-hydroxylation sites is 3. The summed E-state index contributed by atoms with van der Waals surface area (Å²) < 4.78 is 7.59. The van der Waals surface area contributed by atoms with Gasteiger partial charge in [0.05, 0.1) is 33.5 Å². The van der Waals surface area contributed by atoms with Crippen LogP contribution in [0.25, 0.3) is 109 Å². The van der Waals surface area contributed by atoms with Crippen LogP contribution in [-0.2, 0) is 0 Å². The van der Waals surface area contributed by atoms with E-state index in [9.17, 15) is 0 Å². The van der Waals surface area contributed by atoms with Crippen LogP contribution in [0.2, 0.25) is 0 Å². The molecule has 0 fully saturated rings. The smallest absolute Gasteiger partial charge is 0.160 e. The maximum atomic E-state index is 5.22. The van der Waals surface area contributed by atoms with Gasteiger partial charge in [-0.15, -0.1) is 11.3 Å². The van der Waals surface area contributed by atoms with Crippen molar-refractivity contribution in [1.29, 1.82) is 0 Å². The van der Waals surface area contributed by atoms with E-state index >= 15 is 0 Å². The van der Waals surface area contributed by atoms with Crippen LogP contribution in [0.15, 0.2) is 194 Å². The quantitative estimate of drug-likeness (QED) is 0.176. The first-order valence-corrected chi connectivity index (χ1v) is 20.1. The molecule has 0 unspecified atom stereocenters. The Bertz CT molecular complexity index is 3450. The van der Waals surface area contributed by atoms with Crippen molar-refractivity contribution in [2.45, 2.75) is 0 Å². The minimum absolute atomic E-state index is 0.704. The molecule has 8 aromatic carbocycles. The molecule has 12 rings (SSSR count). The molecule has 0 aliphatic carbocycles. The second kappa shape index (κ2) is 12.6. The van der Waals surface area contributed by atoms with Gasteiger partial charge in [-0.1, -0.05) is 146 Å². The molecule has 4 aromatic heterocycles. The molecule has 0 N–H and O–H groups in total. The summed E-state index contributed by atoms with van der Waals surface area (Å²) in [5.74, 6) is 0.704. The molecule has 0 saturated carbocycles. The van der Waals surface area contributed by atoms with E-state index in [-0.39, 0.29) is 0 Å². The molecule has 4 heterocycles. The van der Waals surface area contributed by atoms with E-state index in [2.05, 4.69) is 179 Å². The summed E-state index contributed by atoms with van der Waals surface area (Å²) in [5.41, 5.74) is 11.8. The number of hydrogen-bond donors (Lipinski definition) is 0. The van der Waals surface area contributed by atoms with Crippen LogP contribution >= 0.6 is 11.3 Å². The number of thiophene rings is 1. The van der Waals surface area contributed by atoms with Gasteiger partial charge < -0.3 is 9.13 Å². The lowest BCUT2D eigenvalue weighted by molar-refractivity contribution is 1.15. The zero-order valence-electron chi connectivity index (χ0n) is 30.7. The van der Waals surface area contributed by atoms with Crippen molar-refractivity contribution >= 4 is 75.1 Å². The van der Waals surface area contributed by atoms with Crippen molar-refractivity contribution < 1.29 is 0 Å². The van der Waals surface area contributed by atoms with Crippen LogP contribution in [0.4, 0.5) is 0 Å². The standard InChI is InChI=1S/C52H32N4S/c1-4-17-33(18-5-1)41-32-42(54-52(53-41)34-19-6-2-7-20-34)35-21-16-24-37(31-35)56-44-29-14-11-26-39(44)48-50(56)49-46(47-40-27-12-15-30-45(40)57-51(47)48)38-25-10-13-28-43(38)55(49)36-22-8-3-9-23-36/h1-32H. The number of hydrogen-bond acceptors (Lipinski definition) is 3. The molecule has 4 nitrogen and oxygen atoms in total. The van der Waals surface area contributed by atoms with E-state index in [0.29, 0.717) is 5.82 Å². The Labute approximate surface area is 332 Å². The number of fused-ring (bicyclic) bond motifs is 12. The van der Waals surface area contributed by atoms with Crippen molar-refractivity contribution in [3.8, 4) is 45.3 Å².